The van der Waals surface area contributed by atoms with Gasteiger partial charge < -0.3 is 15.4 Å². The molecule has 2 atom stereocenters. The molecule has 1 aliphatic rings. The van der Waals surface area contributed by atoms with Crippen LogP contribution in [0.5, 0.6) is 0 Å². The molecule has 1 aromatic carbocycles. The van der Waals surface area contributed by atoms with Gasteiger partial charge >= 0.3 is 6.09 Å². The predicted octanol–water partition coefficient (Wildman–Crippen LogP) is 3.32. The molecule has 0 radical (unpaired) electrons. The summed E-state index contributed by atoms with van der Waals surface area (Å²) in [6.07, 6.45) is 1.22. The van der Waals surface area contributed by atoms with E-state index in [0.29, 0.717) is 6.54 Å². The van der Waals surface area contributed by atoms with Crippen LogP contribution in [0.2, 0.25) is 0 Å². The van der Waals surface area contributed by atoms with Gasteiger partial charge in [0.25, 0.3) is 0 Å². The highest BCUT2D eigenvalue weighted by Gasteiger charge is 2.25. The van der Waals surface area contributed by atoms with Crippen LogP contribution in [0.3, 0.4) is 0 Å². The average Bonchev–Trinajstić information content (AvgIpc) is 2.78. The van der Waals surface area contributed by atoms with Crippen LogP contribution in [0.1, 0.15) is 51.3 Å². The third-order valence-corrected chi connectivity index (χ3v) is 3.65. The minimum atomic E-state index is -0.501. The number of amides is 1. The maximum absolute atomic E-state index is 13.7. The van der Waals surface area contributed by atoms with E-state index in [1.54, 1.807) is 6.07 Å². The summed E-state index contributed by atoms with van der Waals surface area (Å²) in [6, 6.07) is 5.31. The molecular formula is C17H25FN2O2. The lowest BCUT2D eigenvalue weighted by Gasteiger charge is -2.23. The maximum Gasteiger partial charge on any atom is 0.407 e. The van der Waals surface area contributed by atoms with Crippen molar-refractivity contribution in [2.24, 2.45) is 0 Å². The number of carbonyl (C=O) groups excluding carboxylic acids is 1. The second kappa shape index (κ2) is 6.65. The molecule has 2 rings (SSSR count). The van der Waals surface area contributed by atoms with Crippen molar-refractivity contribution in [2.75, 3.05) is 6.54 Å². The summed E-state index contributed by atoms with van der Waals surface area (Å²) in [5.74, 6) is -0.123. The Kier molecular flexibility index (Phi) is 5.06. The number of benzene rings is 1. The van der Waals surface area contributed by atoms with Crippen LogP contribution in [0.4, 0.5) is 9.18 Å². The molecule has 0 bridgehead atoms. The van der Waals surface area contributed by atoms with Gasteiger partial charge in [-0.3, -0.25) is 0 Å². The number of alkyl carbamates (subject to hydrolysis) is 1. The first-order valence-electron chi connectivity index (χ1n) is 7.76. The van der Waals surface area contributed by atoms with E-state index in [0.717, 1.165) is 24.0 Å². The Bertz CT molecular complexity index is 540. The Hall–Kier alpha value is -1.62. The fourth-order valence-electron chi connectivity index (χ4n) is 2.70. The molecule has 0 heterocycles. The minimum absolute atomic E-state index is 0.0625. The van der Waals surface area contributed by atoms with E-state index in [4.69, 9.17) is 4.74 Å². The monoisotopic (exact) mass is 308 g/mol. The molecule has 1 aromatic rings. The van der Waals surface area contributed by atoms with Crippen molar-refractivity contribution in [1.29, 1.82) is 0 Å². The van der Waals surface area contributed by atoms with Crippen LogP contribution in [-0.2, 0) is 11.2 Å². The molecule has 1 amide bonds. The van der Waals surface area contributed by atoms with Crippen LogP contribution in [0, 0.1) is 5.82 Å². The van der Waals surface area contributed by atoms with E-state index in [1.807, 2.05) is 33.8 Å². The van der Waals surface area contributed by atoms with Gasteiger partial charge in [-0.15, -0.1) is 0 Å². The van der Waals surface area contributed by atoms with Crippen molar-refractivity contribution in [2.45, 2.75) is 58.2 Å². The van der Waals surface area contributed by atoms with Gasteiger partial charge in [-0.2, -0.15) is 0 Å². The topological polar surface area (TPSA) is 50.4 Å². The third-order valence-electron chi connectivity index (χ3n) is 3.65. The average molecular weight is 308 g/mol. The molecule has 0 aliphatic heterocycles. The van der Waals surface area contributed by atoms with Gasteiger partial charge in [0, 0.05) is 18.6 Å². The van der Waals surface area contributed by atoms with Crippen molar-refractivity contribution in [3.05, 3.63) is 35.1 Å². The van der Waals surface area contributed by atoms with E-state index in [-0.39, 0.29) is 17.9 Å². The number of hydrogen-bond acceptors (Lipinski definition) is 3. The second-order valence-electron chi connectivity index (χ2n) is 6.85. The molecule has 2 N–H and O–H groups in total. The Morgan fingerprint density at radius 2 is 2.18 bits per heavy atom. The number of nitrogens with one attached hydrogen (secondary N) is 2. The number of halogens is 1. The summed E-state index contributed by atoms with van der Waals surface area (Å²) in [5.41, 5.74) is 1.34. The van der Waals surface area contributed by atoms with E-state index in [9.17, 15) is 9.18 Å². The minimum Gasteiger partial charge on any atom is -0.444 e. The number of hydrogen-bond donors (Lipinski definition) is 2. The first-order valence-corrected chi connectivity index (χ1v) is 7.76. The standard InChI is InChI=1S/C17H25FN2O2/c1-11(20-16(21)22-17(2,3)4)10-19-15-9-8-12-13(15)6-5-7-14(12)18/h5-7,11,15,19H,8-10H2,1-4H3,(H,20,21). The first kappa shape index (κ1) is 16.7. The molecule has 0 spiro atoms. The molecule has 1 aliphatic carbocycles. The van der Waals surface area contributed by atoms with Gasteiger partial charge in [0.2, 0.25) is 0 Å². The van der Waals surface area contributed by atoms with Crippen LogP contribution in [0.15, 0.2) is 18.2 Å². The maximum atomic E-state index is 13.7. The Morgan fingerprint density at radius 1 is 1.45 bits per heavy atom. The molecule has 22 heavy (non-hydrogen) atoms. The second-order valence-corrected chi connectivity index (χ2v) is 6.85. The number of carbonyl (C=O) groups is 1. The molecule has 0 fully saturated rings. The molecule has 5 heteroatoms. The lowest BCUT2D eigenvalue weighted by Crippen LogP contribution is -2.43. The molecular weight excluding hydrogens is 283 g/mol. The molecule has 122 valence electrons. The van der Waals surface area contributed by atoms with E-state index in [2.05, 4.69) is 10.6 Å². The molecule has 4 nitrogen and oxygen atoms in total. The normalized spacial score (nSPS) is 18.7. The first-order chi connectivity index (χ1) is 10.3. The number of ether oxygens (including phenoxy) is 1. The zero-order chi connectivity index (χ0) is 16.3. The lowest BCUT2D eigenvalue weighted by atomic mass is 10.1. The van der Waals surface area contributed by atoms with E-state index >= 15 is 0 Å². The van der Waals surface area contributed by atoms with Gasteiger partial charge in [0.15, 0.2) is 0 Å². The third kappa shape index (κ3) is 4.44. The summed E-state index contributed by atoms with van der Waals surface area (Å²) in [5, 5.41) is 6.19. The Morgan fingerprint density at radius 3 is 2.86 bits per heavy atom. The smallest absolute Gasteiger partial charge is 0.407 e. The summed E-state index contributed by atoms with van der Waals surface area (Å²) in [4.78, 5) is 11.7. The molecule has 0 saturated carbocycles. The highest BCUT2D eigenvalue weighted by atomic mass is 19.1. The van der Waals surface area contributed by atoms with Crippen molar-refractivity contribution in [3.63, 3.8) is 0 Å². The zero-order valence-corrected chi connectivity index (χ0v) is 13.7. The molecule has 2 unspecified atom stereocenters. The highest BCUT2D eigenvalue weighted by molar-refractivity contribution is 5.68. The summed E-state index contributed by atoms with van der Waals surface area (Å²) < 4.78 is 18.9. The highest BCUT2D eigenvalue weighted by Crippen LogP contribution is 2.32. The van der Waals surface area contributed by atoms with Crippen molar-refractivity contribution >= 4 is 6.09 Å². The van der Waals surface area contributed by atoms with Crippen LogP contribution >= 0.6 is 0 Å². The fourth-order valence-corrected chi connectivity index (χ4v) is 2.70. The van der Waals surface area contributed by atoms with Gasteiger partial charge in [0.1, 0.15) is 11.4 Å². The van der Waals surface area contributed by atoms with Gasteiger partial charge in [0.05, 0.1) is 0 Å². The summed E-state index contributed by atoms with van der Waals surface area (Å²) >= 11 is 0. The van der Waals surface area contributed by atoms with Crippen molar-refractivity contribution in [3.8, 4) is 0 Å². The fraction of sp³-hybridized carbons (Fsp3) is 0.588. The summed E-state index contributed by atoms with van der Waals surface area (Å²) in [7, 11) is 0. The Balaban J connectivity index is 1.82. The Labute approximate surface area is 131 Å². The number of fused-ring (bicyclic) bond motifs is 1. The lowest BCUT2D eigenvalue weighted by molar-refractivity contribution is 0.0507. The zero-order valence-electron chi connectivity index (χ0n) is 13.7. The predicted molar refractivity (Wildman–Crippen MR) is 84.3 cm³/mol. The van der Waals surface area contributed by atoms with Gasteiger partial charge in [-0.25, -0.2) is 9.18 Å². The van der Waals surface area contributed by atoms with E-state index in [1.165, 1.54) is 6.07 Å². The van der Waals surface area contributed by atoms with Crippen molar-refractivity contribution < 1.29 is 13.9 Å². The van der Waals surface area contributed by atoms with Crippen LogP contribution < -0.4 is 10.6 Å². The number of rotatable bonds is 4. The van der Waals surface area contributed by atoms with Gasteiger partial charge in [-0.1, -0.05) is 12.1 Å². The molecule has 0 saturated heterocycles. The van der Waals surface area contributed by atoms with E-state index < -0.39 is 11.7 Å². The SMILES string of the molecule is CC(CNC1CCc2c(F)cccc21)NC(=O)OC(C)(C)C. The molecule has 0 aromatic heterocycles. The summed E-state index contributed by atoms with van der Waals surface area (Å²) in [6.45, 7) is 8.02. The largest absolute Gasteiger partial charge is 0.444 e. The van der Waals surface area contributed by atoms with Crippen LogP contribution in [0.25, 0.3) is 0 Å². The quantitative estimate of drug-likeness (QED) is 0.897. The van der Waals surface area contributed by atoms with Gasteiger partial charge in [-0.05, 0) is 57.7 Å². The van der Waals surface area contributed by atoms with Crippen LogP contribution in [-0.4, -0.2) is 24.3 Å². The van der Waals surface area contributed by atoms with Crippen molar-refractivity contribution in [1.82, 2.24) is 10.6 Å².